The molecule has 0 atom stereocenters. The number of hydrazine groups is 1. The molecule has 0 spiro atoms. The summed E-state index contributed by atoms with van der Waals surface area (Å²) in [6.45, 7) is 4.02. The van der Waals surface area contributed by atoms with Crippen LogP contribution in [0, 0.1) is 0 Å². The molecule has 0 unspecified atom stereocenters. The number of nitrogens with one attached hydrogen (secondary N) is 3. The number of nitrogens with zero attached hydrogens (tertiary/aromatic N) is 3. The Labute approximate surface area is 153 Å². The van der Waals surface area contributed by atoms with E-state index in [1.807, 2.05) is 6.07 Å². The lowest BCUT2D eigenvalue weighted by atomic mass is 10.1. The minimum absolute atomic E-state index is 0.261. The van der Waals surface area contributed by atoms with Crippen molar-refractivity contribution in [2.24, 2.45) is 0 Å². The highest BCUT2D eigenvalue weighted by Gasteiger charge is 2.12. The average Bonchev–Trinajstić information content (AvgIpc) is 2.69. The summed E-state index contributed by atoms with van der Waals surface area (Å²) < 4.78 is 0. The molecule has 26 heavy (non-hydrogen) atoms. The van der Waals surface area contributed by atoms with Gasteiger partial charge in [0.05, 0.1) is 0 Å². The summed E-state index contributed by atoms with van der Waals surface area (Å²) in [5, 5.41) is 3.25. The number of nitrogen functional groups attached to an aromatic ring is 1. The molecule has 1 saturated heterocycles. The Balaban J connectivity index is 1.52. The lowest BCUT2D eigenvalue weighted by Gasteiger charge is -2.26. The van der Waals surface area contributed by atoms with Crippen LogP contribution in [-0.2, 0) is 0 Å². The molecular formula is C18H25N7O. The number of amides is 1. The molecule has 138 valence electrons. The van der Waals surface area contributed by atoms with Crippen LogP contribution in [0.2, 0.25) is 0 Å². The fraction of sp³-hybridized carbons (Fsp3) is 0.389. The van der Waals surface area contributed by atoms with Crippen molar-refractivity contribution < 1.29 is 4.79 Å². The number of piperidine rings is 1. The smallest absolute Gasteiger partial charge is 0.269 e. The molecule has 2 aromatic rings. The number of carbonyl (C=O) groups excluding carboxylic acids is 1. The van der Waals surface area contributed by atoms with Crippen molar-refractivity contribution in [2.45, 2.75) is 19.3 Å². The van der Waals surface area contributed by atoms with E-state index < -0.39 is 0 Å². The van der Waals surface area contributed by atoms with Crippen LogP contribution < -0.4 is 21.9 Å². The van der Waals surface area contributed by atoms with Crippen LogP contribution in [0.3, 0.4) is 0 Å². The molecule has 5 N–H and O–H groups in total. The first-order valence-corrected chi connectivity index (χ1v) is 8.92. The summed E-state index contributed by atoms with van der Waals surface area (Å²) in [7, 11) is 0. The van der Waals surface area contributed by atoms with Gasteiger partial charge in [0.2, 0.25) is 0 Å². The van der Waals surface area contributed by atoms with E-state index in [1.54, 1.807) is 24.3 Å². The molecule has 1 fully saturated rings. The predicted molar refractivity (Wildman–Crippen MR) is 103 cm³/mol. The van der Waals surface area contributed by atoms with E-state index in [1.165, 1.54) is 25.6 Å². The molecule has 1 aromatic heterocycles. The van der Waals surface area contributed by atoms with Crippen molar-refractivity contribution in [3.8, 4) is 0 Å². The van der Waals surface area contributed by atoms with Gasteiger partial charge in [0.25, 0.3) is 5.91 Å². The fourth-order valence-corrected chi connectivity index (χ4v) is 2.93. The molecule has 1 amide bonds. The number of hydrogen-bond donors (Lipinski definition) is 4. The Morgan fingerprint density at radius 3 is 2.58 bits per heavy atom. The van der Waals surface area contributed by atoms with Gasteiger partial charge >= 0.3 is 0 Å². The van der Waals surface area contributed by atoms with Crippen molar-refractivity contribution in [3.63, 3.8) is 0 Å². The predicted octanol–water partition coefficient (Wildman–Crippen LogP) is 1.71. The molecule has 2 heterocycles. The second kappa shape index (κ2) is 9.00. The van der Waals surface area contributed by atoms with Gasteiger partial charge in [-0.15, -0.1) is 0 Å². The maximum Gasteiger partial charge on any atom is 0.269 e. The maximum absolute atomic E-state index is 12.1. The summed E-state index contributed by atoms with van der Waals surface area (Å²) in [5.41, 5.74) is 12.4. The Morgan fingerprint density at radius 2 is 1.81 bits per heavy atom. The van der Waals surface area contributed by atoms with Gasteiger partial charge in [-0.05, 0) is 38.1 Å². The highest BCUT2D eigenvalue weighted by molar-refractivity contribution is 5.95. The summed E-state index contributed by atoms with van der Waals surface area (Å²) in [6, 6.07) is 8.92. The standard InChI is InChI=1S/C18H25N7O/c19-15-16(20-9-12-25-10-5-2-6-11-25)21-13-22-17(15)23-24-18(26)14-7-3-1-4-8-14/h1,3-4,7-8,13H,2,5-6,9-12,19H2,(H,24,26)(H2,20,21,22,23). The van der Waals surface area contributed by atoms with E-state index in [4.69, 9.17) is 5.73 Å². The van der Waals surface area contributed by atoms with Gasteiger partial charge in [-0.2, -0.15) is 0 Å². The van der Waals surface area contributed by atoms with Gasteiger partial charge in [-0.3, -0.25) is 15.6 Å². The molecular weight excluding hydrogens is 330 g/mol. The number of hydrogen-bond acceptors (Lipinski definition) is 7. The molecule has 1 aromatic carbocycles. The number of benzene rings is 1. The van der Waals surface area contributed by atoms with Crippen molar-refractivity contribution in [1.29, 1.82) is 0 Å². The first kappa shape index (κ1) is 17.9. The number of aromatic nitrogens is 2. The van der Waals surface area contributed by atoms with E-state index >= 15 is 0 Å². The highest BCUT2D eigenvalue weighted by atomic mass is 16.2. The van der Waals surface area contributed by atoms with E-state index in [0.29, 0.717) is 22.9 Å². The van der Waals surface area contributed by atoms with Crippen molar-refractivity contribution in [2.75, 3.05) is 42.7 Å². The lowest BCUT2D eigenvalue weighted by Crippen LogP contribution is -2.34. The van der Waals surface area contributed by atoms with E-state index in [0.717, 1.165) is 26.2 Å². The van der Waals surface area contributed by atoms with Crippen LogP contribution in [0.4, 0.5) is 17.3 Å². The van der Waals surface area contributed by atoms with Gasteiger partial charge < -0.3 is 16.0 Å². The third-order valence-corrected chi connectivity index (χ3v) is 4.38. The highest BCUT2D eigenvalue weighted by Crippen LogP contribution is 2.21. The van der Waals surface area contributed by atoms with E-state index in [2.05, 4.69) is 31.0 Å². The molecule has 0 bridgehead atoms. The van der Waals surface area contributed by atoms with Crippen molar-refractivity contribution >= 4 is 23.2 Å². The molecule has 0 radical (unpaired) electrons. The zero-order valence-electron chi connectivity index (χ0n) is 14.7. The summed E-state index contributed by atoms with van der Waals surface area (Å²) in [5.74, 6) is 0.668. The Bertz CT molecular complexity index is 717. The maximum atomic E-state index is 12.1. The van der Waals surface area contributed by atoms with Gasteiger partial charge in [-0.25, -0.2) is 9.97 Å². The number of rotatable bonds is 7. The molecule has 1 aliphatic heterocycles. The van der Waals surface area contributed by atoms with Crippen LogP contribution in [-0.4, -0.2) is 47.0 Å². The van der Waals surface area contributed by atoms with Crippen LogP contribution in [0.25, 0.3) is 0 Å². The van der Waals surface area contributed by atoms with Gasteiger partial charge in [-0.1, -0.05) is 24.6 Å². The number of likely N-dealkylation sites (tertiary alicyclic amines) is 1. The minimum Gasteiger partial charge on any atom is -0.393 e. The molecule has 8 heteroatoms. The van der Waals surface area contributed by atoms with Crippen LogP contribution in [0.15, 0.2) is 36.7 Å². The largest absolute Gasteiger partial charge is 0.393 e. The Hall–Kier alpha value is -2.87. The average molecular weight is 355 g/mol. The third kappa shape index (κ3) is 4.82. The van der Waals surface area contributed by atoms with Crippen molar-refractivity contribution in [1.82, 2.24) is 20.3 Å². The lowest BCUT2D eigenvalue weighted by molar-refractivity contribution is 0.0962. The molecule has 3 rings (SSSR count). The van der Waals surface area contributed by atoms with Crippen LogP contribution >= 0.6 is 0 Å². The Morgan fingerprint density at radius 1 is 1.08 bits per heavy atom. The monoisotopic (exact) mass is 355 g/mol. The van der Waals surface area contributed by atoms with Gasteiger partial charge in [0, 0.05) is 18.7 Å². The second-order valence-electron chi connectivity index (χ2n) is 6.26. The van der Waals surface area contributed by atoms with E-state index in [9.17, 15) is 4.79 Å². The minimum atomic E-state index is -0.261. The summed E-state index contributed by atoms with van der Waals surface area (Å²) in [4.78, 5) is 22.8. The molecule has 1 aliphatic rings. The van der Waals surface area contributed by atoms with Gasteiger partial charge in [0.1, 0.15) is 12.0 Å². The number of nitrogens with two attached hydrogens (primary N) is 1. The first-order valence-electron chi connectivity index (χ1n) is 8.92. The third-order valence-electron chi connectivity index (χ3n) is 4.38. The first-order chi connectivity index (χ1) is 12.7. The van der Waals surface area contributed by atoms with Crippen LogP contribution in [0.5, 0.6) is 0 Å². The second-order valence-corrected chi connectivity index (χ2v) is 6.26. The SMILES string of the molecule is Nc1c(NCCN2CCCCC2)ncnc1NNC(=O)c1ccccc1. The molecule has 0 saturated carbocycles. The normalized spacial score (nSPS) is 14.6. The molecule has 0 aliphatic carbocycles. The van der Waals surface area contributed by atoms with Gasteiger partial charge in [0.15, 0.2) is 11.6 Å². The molecule has 8 nitrogen and oxygen atoms in total. The summed E-state index contributed by atoms with van der Waals surface area (Å²) in [6.07, 6.45) is 5.28. The zero-order chi connectivity index (χ0) is 18.2. The number of carbonyl (C=O) groups is 1. The number of anilines is 3. The van der Waals surface area contributed by atoms with E-state index in [-0.39, 0.29) is 5.91 Å². The Kier molecular flexibility index (Phi) is 6.21. The van der Waals surface area contributed by atoms with Crippen molar-refractivity contribution in [3.05, 3.63) is 42.2 Å². The quantitative estimate of drug-likeness (QED) is 0.560. The zero-order valence-corrected chi connectivity index (χ0v) is 14.7. The summed E-state index contributed by atoms with van der Waals surface area (Å²) >= 11 is 0. The topological polar surface area (TPSA) is 108 Å². The fourth-order valence-electron chi connectivity index (χ4n) is 2.93. The van der Waals surface area contributed by atoms with Crippen LogP contribution in [0.1, 0.15) is 29.6 Å².